The molecular weight excluding hydrogens is 2120 g/mol. The topological polar surface area (TPSA) is 551 Å². The molecule has 10 rings (SSSR count). The van der Waals surface area contributed by atoms with Gasteiger partial charge < -0.3 is 114 Å². The van der Waals surface area contributed by atoms with Gasteiger partial charge in [0, 0.05) is 232 Å². The molecule has 0 bridgehead atoms. The van der Waals surface area contributed by atoms with E-state index in [-0.39, 0.29) is 266 Å². The Bertz CT molecular complexity index is 4930. The molecule has 6 N–H and O–H groups in total. The van der Waals surface area contributed by atoms with Gasteiger partial charge in [0.25, 0.3) is 0 Å². The number of amides is 9. The number of aliphatic carboxylic acids is 1. The van der Waals surface area contributed by atoms with Crippen LogP contribution in [-0.2, 0) is 213 Å². The van der Waals surface area contributed by atoms with Crippen LogP contribution < -0.4 is 26.0 Å². The number of ketones is 1. The van der Waals surface area contributed by atoms with Crippen molar-refractivity contribution in [1.82, 2.24) is 126 Å². The molecule has 762 valence electrons. The second-order valence-corrected chi connectivity index (χ2v) is 41.1. The molecule has 0 spiro atoms. The molecule has 6 fully saturated rings. The summed E-state index contributed by atoms with van der Waals surface area (Å²) in [5, 5.41) is 67.4. The van der Waals surface area contributed by atoms with Crippen LogP contribution in [0.3, 0.4) is 0 Å². The zero-order valence-corrected chi connectivity index (χ0v) is 95.6. The average molecular weight is 2260 g/mol. The third-order valence-electron chi connectivity index (χ3n) is 23.0. The minimum absolute atomic E-state index is 0. The van der Waals surface area contributed by atoms with Crippen LogP contribution in [0.1, 0.15) is 267 Å². The van der Waals surface area contributed by atoms with Crippen LogP contribution in [0.4, 0.5) is 4.79 Å². The van der Waals surface area contributed by atoms with Crippen LogP contribution in [0.15, 0.2) is 38.0 Å². The summed E-state index contributed by atoms with van der Waals surface area (Å²) in [7, 11) is -1.23. The fourth-order valence-electron chi connectivity index (χ4n) is 15.6. The molecule has 4 aromatic rings. The molecule has 44 nitrogen and oxygen atoms in total. The Morgan fingerprint density at radius 1 is 0.482 bits per heavy atom. The molecule has 4 aliphatic heterocycles. The summed E-state index contributed by atoms with van der Waals surface area (Å²) >= 11 is 0. The first kappa shape index (κ1) is 129. The van der Waals surface area contributed by atoms with Gasteiger partial charge in [-0.1, -0.05) is 109 Å². The predicted octanol–water partition coefficient (Wildman–Crippen LogP) is 5.42. The number of likely N-dealkylation sites (tertiary alicyclic amines) is 4. The number of ether oxygens (including phenoxy) is 3. The van der Waals surface area contributed by atoms with Gasteiger partial charge >= 0.3 is 24.0 Å². The third kappa shape index (κ3) is 37.6. The van der Waals surface area contributed by atoms with Gasteiger partial charge in [-0.2, -0.15) is 39.6 Å². The molecular formula is C90H137N25O19SY4-8. The molecule has 4 saturated heterocycles. The molecule has 8 heterocycles. The van der Waals surface area contributed by atoms with Crippen molar-refractivity contribution >= 4 is 87.1 Å². The number of esters is 2. The number of tetrazole rings is 4. The smallest absolute Gasteiger partial charge is 0.408 e. The Kier molecular flexibility index (Phi) is 52.7. The second-order valence-electron chi connectivity index (χ2n) is 39.1. The zero-order valence-electron chi connectivity index (χ0n) is 83.4. The normalized spacial score (nSPS) is 21.0. The molecule has 4 radical (unpaired) electrons. The number of carboxylic acids is 1. The first-order valence-electron chi connectivity index (χ1n) is 44.5. The van der Waals surface area contributed by atoms with Gasteiger partial charge in [-0.25, -0.2) is 27.6 Å². The standard InChI is InChI=1S/C28H41N7O6S.C20H31N6O4.C19H31N6O5.C19H28N6O4.2C2H3.4Y/c1-7-8-9-10-23(37)29-24(27(4,5)6)25(38)34-16-19(35-31-18(3)30-33-35)13-21(34)22(36)15-28(14-17(28)2)26(39)32-42(40,41)20-11-12-20;1-7-8-9-10-16(27)21-17(20(3,4)5)18(28)25-12-14(11-15(25)19(29)30-6)26-23-13(2)22-24-26;1-11-21-23-25(22-11)12-9-13(16(27)29-8)24(10-12)15(26)14(18(2,3)4)20-17(28)30-19(5,6)7;1-6-7-8-9-15(26)20-16(19(3,4)5)17(27)24-11-13(10-14(24)18(28)29)25-22-12(2)21-23-25;2*1-2;;;;/h1,7,17,19-21,24H,3,8-16H2,2,4-6H3,(H,29,37)(H,32,39);7,14-15,17H,1-2,8-12H2,3-6H3,(H,21,27);12-14H,1,9-10H2,2-8H3,(H,20,28);1,6,13-14,16H,2,7-11H2,3-5H3,(H,20,26)(H,28,29);2*1H,2H2;;;;/q-2;2*-1;-2;2*-1;;;;/t17-,19-,21+,24-,28?;14-,15+,17-;12-,13+,14-;13-,14+,16-;;;;;;/m1111....../s1. The van der Waals surface area contributed by atoms with Gasteiger partial charge in [0.1, 0.15) is 47.9 Å². The van der Waals surface area contributed by atoms with Crippen molar-refractivity contribution in [2.45, 2.75) is 303 Å². The third-order valence-corrected chi connectivity index (χ3v) is 24.8. The van der Waals surface area contributed by atoms with Crippen molar-refractivity contribution in [2.24, 2.45) is 33.0 Å². The number of Topliss-reactive ketones (excluding diaryl/α,β-unsaturated/α-hetero) is 1. The zero-order chi connectivity index (χ0) is 102. The van der Waals surface area contributed by atoms with Gasteiger partial charge in [-0.15, -0.1) is 27.0 Å². The number of aromatic nitrogens is 16. The monoisotopic (exact) mass is 2260 g/mol. The first-order valence-corrected chi connectivity index (χ1v) is 46.0. The van der Waals surface area contributed by atoms with Gasteiger partial charge in [-0.3, -0.25) is 73.2 Å². The number of hydrogen-bond donors (Lipinski definition) is 6. The maximum Gasteiger partial charge on any atom is 0.408 e. The average Bonchev–Trinajstić information content (AvgIpc) is 1.57. The van der Waals surface area contributed by atoms with E-state index in [1.807, 2.05) is 83.1 Å². The molecule has 2 aliphatic carbocycles. The van der Waals surface area contributed by atoms with Crippen LogP contribution in [0.2, 0.25) is 0 Å². The van der Waals surface area contributed by atoms with E-state index in [1.165, 1.54) is 65.2 Å². The van der Waals surface area contributed by atoms with Crippen LogP contribution in [-0.4, -0.2) is 291 Å². The Balaban J connectivity index is 0.000000917. The number of carbonyl (C=O) groups is 13. The molecule has 0 aromatic carbocycles. The summed E-state index contributed by atoms with van der Waals surface area (Å²) in [6.45, 7) is 72.5. The number of allylic oxidation sites excluding steroid dienone is 3. The van der Waals surface area contributed by atoms with Crippen molar-refractivity contribution in [3.8, 4) is 0 Å². The van der Waals surface area contributed by atoms with E-state index in [0.29, 0.717) is 64.2 Å². The fourth-order valence-corrected chi connectivity index (χ4v) is 17.0. The minimum Gasteiger partial charge on any atom is -0.521 e. The number of nitrogens with zero attached hydrogens (tertiary/aromatic N) is 20. The number of carboxylic acid groups (broad SMARTS) is 1. The molecule has 49 heteroatoms. The van der Waals surface area contributed by atoms with Gasteiger partial charge in [-0.05, 0) is 114 Å². The predicted molar refractivity (Wildman–Crippen MR) is 489 cm³/mol. The number of rotatable bonds is 33. The number of hydrogen-bond acceptors (Lipinski definition) is 30. The number of methoxy groups -OCH3 is 2. The maximum atomic E-state index is 14.1. The van der Waals surface area contributed by atoms with Crippen molar-refractivity contribution in [1.29, 1.82) is 0 Å². The Labute approximate surface area is 917 Å². The quantitative estimate of drug-likeness (QED) is 0.0114. The molecule has 1 unspecified atom stereocenters. The molecule has 6 aliphatic rings. The van der Waals surface area contributed by atoms with E-state index in [4.69, 9.17) is 27.4 Å². The summed E-state index contributed by atoms with van der Waals surface area (Å²) < 4.78 is 42.3. The molecule has 14 atom stereocenters. The van der Waals surface area contributed by atoms with Gasteiger partial charge in [0.05, 0.1) is 55.1 Å². The second kappa shape index (κ2) is 56.8. The van der Waals surface area contributed by atoms with Crippen LogP contribution in [0.25, 0.3) is 0 Å². The van der Waals surface area contributed by atoms with Crippen molar-refractivity contribution < 1.29 is 221 Å². The molecule has 139 heavy (non-hydrogen) atoms. The Morgan fingerprint density at radius 3 is 1.01 bits per heavy atom. The van der Waals surface area contributed by atoms with E-state index in [1.54, 1.807) is 33.8 Å². The van der Waals surface area contributed by atoms with E-state index < -0.39 is 156 Å². The number of sulfonamides is 1. The Morgan fingerprint density at radius 2 is 0.763 bits per heavy atom. The number of carbonyl (C=O) groups excluding carboxylic acids is 12. The van der Waals surface area contributed by atoms with Crippen LogP contribution >= 0.6 is 0 Å². The SMILES string of the molecule is C=CCCCC(=O)N[C@H](C(=O)N1C[C@H](n2nnc([CH2-])n2)C[C@H]1C(=O)OC)C(C)(C)C.[CH-]=C.[CH-]=C.[CH-]=CCCCC(=O)N[C@H](C(=O)N1C[C@H](n2nnc([CH2-])n2)C[C@H]1C(=O)CC1(C(=O)NS(=O)(=O)C2CC2)C[C@H]1C)C(C)(C)C.[CH-]=CCCCC(=O)N[C@H](C(=O)N1C[C@H](n2nnc([CH2-])n2)C[C@H]1C(=O)O)C(C)(C)C.[CH2-]c1nnn([C@@H]2C[C@@H](C(=O)OC)N(C(=O)[C@@H](NC(=O)OC(C)(C)C)C(C)(C)C)C2)n1.[Y].[Y].[Y].[Y]. The number of nitrogens with one attached hydrogen (secondary N) is 5. The first-order chi connectivity index (χ1) is 62.9. The van der Waals surface area contributed by atoms with Crippen molar-refractivity contribution in [3.63, 3.8) is 0 Å². The summed E-state index contributed by atoms with van der Waals surface area (Å²) in [5.41, 5.74) is -4.37. The summed E-state index contributed by atoms with van der Waals surface area (Å²) in [6, 6.07) is -8.78. The summed E-state index contributed by atoms with van der Waals surface area (Å²) in [4.78, 5) is 179. The Hall–Kier alpha value is -8.06. The number of alkyl carbamates (subject to hydrolysis) is 1. The molecule has 2 saturated carbocycles. The van der Waals surface area contributed by atoms with E-state index >= 15 is 0 Å². The van der Waals surface area contributed by atoms with E-state index in [0.717, 1.165) is 6.42 Å². The van der Waals surface area contributed by atoms with E-state index in [9.17, 15) is 75.9 Å². The molecule has 4 aromatic heterocycles. The van der Waals surface area contributed by atoms with Crippen LogP contribution in [0, 0.1) is 87.0 Å². The number of unbranched alkanes of at least 4 members (excludes halogenated alkanes) is 3. The van der Waals surface area contributed by atoms with E-state index in [2.05, 4.69) is 148 Å². The van der Waals surface area contributed by atoms with Crippen molar-refractivity contribution in [3.05, 3.63) is 115 Å². The van der Waals surface area contributed by atoms with Crippen LogP contribution in [0.5, 0.6) is 0 Å². The minimum atomic E-state index is -3.78. The fraction of sp³-hybridized carbons (Fsp3) is 0.656. The van der Waals surface area contributed by atoms with Gasteiger partial charge in [0.2, 0.25) is 57.3 Å². The maximum absolute atomic E-state index is 14.1. The largest absolute Gasteiger partial charge is 0.521 e. The molecule has 9 amide bonds. The van der Waals surface area contributed by atoms with Crippen molar-refractivity contribution in [2.75, 3.05) is 40.4 Å². The summed E-state index contributed by atoms with van der Waals surface area (Å²) in [6.07, 6.45) is 10.4. The summed E-state index contributed by atoms with van der Waals surface area (Å²) in [5.74, 6) is -4.93. The van der Waals surface area contributed by atoms with Gasteiger partial charge in [0.15, 0.2) is 5.78 Å².